The molecule has 0 aromatic carbocycles. The Hall–Kier alpha value is -2.16. The van der Waals surface area contributed by atoms with Gasteiger partial charge in [-0.1, -0.05) is 13.8 Å². The Morgan fingerprint density at radius 1 is 0.750 bits per heavy atom. The van der Waals surface area contributed by atoms with Crippen molar-refractivity contribution in [3.05, 3.63) is 0 Å². The number of esters is 3. The fourth-order valence-corrected chi connectivity index (χ4v) is 2.54. The minimum Gasteiger partial charge on any atom is -0.463 e. The summed E-state index contributed by atoms with van der Waals surface area (Å²) in [5, 5.41) is 2.78. The molecule has 0 fully saturated rings. The number of carbonyl (C=O) groups excluding carboxylic acids is 4. The number of nitrogens with one attached hydrogen (secondary N) is 1. The second-order valence-electron chi connectivity index (χ2n) is 7.08. The molecule has 162 valence electrons. The highest BCUT2D eigenvalue weighted by Crippen LogP contribution is 2.18. The molecule has 0 aliphatic heterocycles. The average molecular weight is 403 g/mol. The molecular formula is C19H33NO8. The Labute approximate surface area is 166 Å². The molecule has 0 aromatic rings. The van der Waals surface area contributed by atoms with E-state index in [2.05, 4.69) is 5.32 Å². The molecule has 0 heterocycles. The van der Waals surface area contributed by atoms with Crippen molar-refractivity contribution in [2.45, 2.75) is 79.2 Å². The largest absolute Gasteiger partial charge is 0.463 e. The van der Waals surface area contributed by atoms with Crippen molar-refractivity contribution in [3.63, 3.8) is 0 Å². The van der Waals surface area contributed by atoms with Crippen molar-refractivity contribution in [3.8, 4) is 0 Å². The summed E-state index contributed by atoms with van der Waals surface area (Å²) in [5.74, 6) is -1.63. The molecule has 1 N–H and O–H groups in total. The van der Waals surface area contributed by atoms with Gasteiger partial charge in [0.05, 0.1) is 12.1 Å². The molecule has 1 unspecified atom stereocenters. The summed E-state index contributed by atoms with van der Waals surface area (Å²) in [5.41, 5.74) is 0. The van der Waals surface area contributed by atoms with Gasteiger partial charge >= 0.3 is 17.9 Å². The highest BCUT2D eigenvalue weighted by molar-refractivity contribution is 5.73. The molecule has 0 bridgehead atoms. The van der Waals surface area contributed by atoms with Crippen molar-refractivity contribution >= 4 is 23.8 Å². The fraction of sp³-hybridized carbons (Fsp3) is 0.789. The second kappa shape index (κ2) is 13.1. The lowest BCUT2D eigenvalue weighted by atomic mass is 10.00. The number of hydrogen-bond donors (Lipinski definition) is 1. The zero-order valence-electron chi connectivity index (χ0n) is 17.8. The van der Waals surface area contributed by atoms with E-state index in [-0.39, 0.29) is 31.1 Å². The van der Waals surface area contributed by atoms with E-state index in [1.165, 1.54) is 27.7 Å². The first-order valence-corrected chi connectivity index (χ1v) is 9.28. The van der Waals surface area contributed by atoms with Gasteiger partial charge in [0.15, 0.2) is 6.10 Å². The maximum Gasteiger partial charge on any atom is 0.303 e. The van der Waals surface area contributed by atoms with Crippen LogP contribution in [0.4, 0.5) is 0 Å². The van der Waals surface area contributed by atoms with Crippen LogP contribution < -0.4 is 5.32 Å². The first-order valence-electron chi connectivity index (χ1n) is 9.28. The molecule has 0 aliphatic rings. The topological polar surface area (TPSA) is 117 Å². The first kappa shape index (κ1) is 25.8. The van der Waals surface area contributed by atoms with Gasteiger partial charge in [-0.05, 0) is 19.3 Å². The summed E-state index contributed by atoms with van der Waals surface area (Å²) in [6.45, 7) is 10.4. The third kappa shape index (κ3) is 12.3. The quantitative estimate of drug-likeness (QED) is 0.383. The minimum absolute atomic E-state index is 0.198. The van der Waals surface area contributed by atoms with Crippen LogP contribution in [0, 0.1) is 5.92 Å². The van der Waals surface area contributed by atoms with E-state index >= 15 is 0 Å². The summed E-state index contributed by atoms with van der Waals surface area (Å²) in [4.78, 5) is 45.4. The lowest BCUT2D eigenvalue weighted by Gasteiger charge is -2.33. The third-order valence-electron chi connectivity index (χ3n) is 3.68. The summed E-state index contributed by atoms with van der Waals surface area (Å²) < 4.78 is 21.4. The first-order chi connectivity index (χ1) is 12.9. The van der Waals surface area contributed by atoms with E-state index in [4.69, 9.17) is 18.9 Å². The summed E-state index contributed by atoms with van der Waals surface area (Å²) in [7, 11) is 0. The van der Waals surface area contributed by atoms with E-state index in [1.54, 1.807) is 6.92 Å². The van der Waals surface area contributed by atoms with Gasteiger partial charge in [0.2, 0.25) is 5.91 Å². The zero-order chi connectivity index (χ0) is 21.9. The van der Waals surface area contributed by atoms with Crippen LogP contribution in [0.25, 0.3) is 0 Å². The van der Waals surface area contributed by atoms with Gasteiger partial charge in [-0.2, -0.15) is 0 Å². The molecule has 0 saturated carbocycles. The molecule has 1 amide bonds. The van der Waals surface area contributed by atoms with Crippen LogP contribution in [0.15, 0.2) is 0 Å². The standard InChI is InChI=1S/C19H33NO8/c1-11(2)8-17(12(3)20-13(4)21)28-19(10-26-15(6)23)18(27-16(7)24)9-25-14(5)22/h11-12,17-19H,8-10H2,1-7H3,(H,20,21)/t12-,17-,18-,19?/m0/s1. The molecular weight excluding hydrogens is 370 g/mol. The van der Waals surface area contributed by atoms with Crippen molar-refractivity contribution in [2.24, 2.45) is 5.92 Å². The van der Waals surface area contributed by atoms with Crippen LogP contribution >= 0.6 is 0 Å². The van der Waals surface area contributed by atoms with Crippen LogP contribution in [-0.2, 0) is 38.1 Å². The minimum atomic E-state index is -0.972. The lowest BCUT2D eigenvalue weighted by molar-refractivity contribution is -0.181. The number of carbonyl (C=O) groups is 4. The van der Waals surface area contributed by atoms with Gasteiger partial charge in [0.25, 0.3) is 0 Å². The van der Waals surface area contributed by atoms with E-state index in [9.17, 15) is 19.2 Å². The molecule has 9 nitrogen and oxygen atoms in total. The molecule has 0 radical (unpaired) electrons. The smallest absolute Gasteiger partial charge is 0.303 e. The SMILES string of the molecule is CC(=O)N[C@@H](C)[C@H](CC(C)C)OC(COC(C)=O)[C@H](COC(C)=O)OC(C)=O. The normalized spacial score (nSPS) is 15.1. The second-order valence-corrected chi connectivity index (χ2v) is 7.08. The molecule has 0 spiro atoms. The highest BCUT2D eigenvalue weighted by Gasteiger charge is 2.32. The molecule has 0 aliphatic carbocycles. The van der Waals surface area contributed by atoms with Gasteiger partial charge in [0.1, 0.15) is 19.3 Å². The van der Waals surface area contributed by atoms with Crippen molar-refractivity contribution in [1.82, 2.24) is 5.32 Å². The summed E-state index contributed by atoms with van der Waals surface area (Å²) in [6, 6.07) is -0.341. The average Bonchev–Trinajstić information content (AvgIpc) is 2.52. The van der Waals surface area contributed by atoms with Crippen molar-refractivity contribution in [2.75, 3.05) is 13.2 Å². The Balaban J connectivity index is 5.55. The third-order valence-corrected chi connectivity index (χ3v) is 3.68. The Bertz CT molecular complexity index is 534. The van der Waals surface area contributed by atoms with Gasteiger partial charge in [0, 0.05) is 27.7 Å². The van der Waals surface area contributed by atoms with Gasteiger partial charge in [-0.25, -0.2) is 0 Å². The lowest BCUT2D eigenvalue weighted by Crippen LogP contribution is -2.48. The van der Waals surface area contributed by atoms with Gasteiger partial charge in [-0.3, -0.25) is 19.2 Å². The Kier molecular flexibility index (Phi) is 12.1. The van der Waals surface area contributed by atoms with Crippen LogP contribution in [0.1, 0.15) is 54.9 Å². The van der Waals surface area contributed by atoms with Crippen molar-refractivity contribution in [1.29, 1.82) is 0 Å². The Morgan fingerprint density at radius 2 is 1.25 bits per heavy atom. The number of hydrogen-bond acceptors (Lipinski definition) is 8. The van der Waals surface area contributed by atoms with Crippen LogP contribution in [-0.4, -0.2) is 61.4 Å². The van der Waals surface area contributed by atoms with E-state index in [0.29, 0.717) is 6.42 Å². The van der Waals surface area contributed by atoms with E-state index < -0.39 is 36.2 Å². The summed E-state index contributed by atoms with van der Waals surface area (Å²) >= 11 is 0. The molecule has 0 rings (SSSR count). The molecule has 0 saturated heterocycles. The Morgan fingerprint density at radius 3 is 1.64 bits per heavy atom. The zero-order valence-corrected chi connectivity index (χ0v) is 17.8. The molecule has 9 heteroatoms. The predicted octanol–water partition coefficient (Wildman–Crippen LogP) is 1.37. The number of rotatable bonds is 12. The number of amides is 1. The maximum absolute atomic E-state index is 11.5. The van der Waals surface area contributed by atoms with Crippen molar-refractivity contribution < 1.29 is 38.1 Å². The molecule has 4 atom stereocenters. The molecule has 28 heavy (non-hydrogen) atoms. The van der Waals surface area contributed by atoms with Crippen LogP contribution in [0.2, 0.25) is 0 Å². The highest BCUT2D eigenvalue weighted by atomic mass is 16.6. The van der Waals surface area contributed by atoms with Crippen LogP contribution in [0.3, 0.4) is 0 Å². The summed E-state index contributed by atoms with van der Waals surface area (Å²) in [6.07, 6.45) is -1.70. The van der Waals surface area contributed by atoms with Gasteiger partial charge < -0.3 is 24.3 Å². The van der Waals surface area contributed by atoms with E-state index in [0.717, 1.165) is 0 Å². The van der Waals surface area contributed by atoms with Crippen LogP contribution in [0.5, 0.6) is 0 Å². The maximum atomic E-state index is 11.5. The van der Waals surface area contributed by atoms with E-state index in [1.807, 2.05) is 13.8 Å². The number of ether oxygens (including phenoxy) is 4. The monoisotopic (exact) mass is 403 g/mol. The molecule has 0 aromatic heterocycles. The fourth-order valence-electron chi connectivity index (χ4n) is 2.54. The predicted molar refractivity (Wildman–Crippen MR) is 100 cm³/mol. The van der Waals surface area contributed by atoms with Gasteiger partial charge in [-0.15, -0.1) is 0 Å².